The summed E-state index contributed by atoms with van der Waals surface area (Å²) in [7, 11) is 0. The average Bonchev–Trinajstić information content (AvgIpc) is 3.42. The maximum atomic E-state index is 6.45. The summed E-state index contributed by atoms with van der Waals surface area (Å²) in [5.41, 5.74) is 10.6. The van der Waals surface area contributed by atoms with Gasteiger partial charge in [0, 0.05) is 34.7 Å². The molecule has 1 aromatic carbocycles. The van der Waals surface area contributed by atoms with Crippen LogP contribution in [0, 0.1) is 0 Å². The minimum Gasteiger partial charge on any atom is -0.398 e. The first-order valence-electron chi connectivity index (χ1n) is 10.1. The molecule has 156 valence electrons. The van der Waals surface area contributed by atoms with Gasteiger partial charge in [-0.1, -0.05) is 42.6 Å². The van der Waals surface area contributed by atoms with Gasteiger partial charge >= 0.3 is 0 Å². The topological polar surface area (TPSA) is 67.7 Å². The lowest BCUT2D eigenvalue weighted by molar-refractivity contribution is 0.537. The molecule has 1 fully saturated rings. The lowest BCUT2D eigenvalue weighted by Gasteiger charge is -2.08. The van der Waals surface area contributed by atoms with Crippen molar-refractivity contribution in [3.8, 4) is 11.3 Å². The molecule has 0 spiro atoms. The van der Waals surface area contributed by atoms with E-state index < -0.39 is 0 Å². The first-order chi connectivity index (χ1) is 14.7. The summed E-state index contributed by atoms with van der Waals surface area (Å²) >= 11 is 6.19. The number of halogens is 1. The number of allylic oxidation sites excluding steroid dienone is 1. The Morgan fingerprint density at radius 3 is 2.80 bits per heavy atom. The van der Waals surface area contributed by atoms with Gasteiger partial charge < -0.3 is 5.73 Å². The third-order valence-electron chi connectivity index (χ3n) is 5.11. The third-order valence-corrected chi connectivity index (χ3v) is 5.35. The van der Waals surface area contributed by atoms with Gasteiger partial charge in [0.05, 0.1) is 17.7 Å². The Balaban J connectivity index is 0.00000124. The van der Waals surface area contributed by atoms with Crippen LogP contribution in [-0.2, 0) is 0 Å². The van der Waals surface area contributed by atoms with Crippen molar-refractivity contribution in [3.05, 3.63) is 78.5 Å². The molecule has 0 atom stereocenters. The van der Waals surface area contributed by atoms with Gasteiger partial charge in [-0.25, -0.2) is 4.52 Å². The van der Waals surface area contributed by atoms with Crippen LogP contribution in [-0.4, -0.2) is 28.5 Å². The summed E-state index contributed by atoms with van der Waals surface area (Å²) in [5, 5.41) is 8.86. The van der Waals surface area contributed by atoms with Crippen LogP contribution in [0.1, 0.15) is 31.2 Å². The zero-order valence-corrected chi connectivity index (χ0v) is 17.9. The van der Waals surface area contributed by atoms with E-state index in [1.165, 1.54) is 25.7 Å². The highest BCUT2D eigenvalue weighted by Gasteiger charge is 2.16. The lowest BCUT2D eigenvalue weighted by atomic mass is 10.0. The fraction of sp³-hybridized carbons (Fsp3) is 0.250. The average molecular weight is 422 g/mol. The van der Waals surface area contributed by atoms with Gasteiger partial charge in [0.1, 0.15) is 5.69 Å². The van der Waals surface area contributed by atoms with Gasteiger partial charge in [0.15, 0.2) is 0 Å². The van der Waals surface area contributed by atoms with Crippen molar-refractivity contribution in [1.29, 1.82) is 0 Å². The fourth-order valence-electron chi connectivity index (χ4n) is 3.70. The number of benzene rings is 1. The monoisotopic (exact) mass is 421 g/mol. The number of hydrogen-bond acceptors (Lipinski definition) is 4. The quantitative estimate of drug-likeness (QED) is 0.418. The Hall–Kier alpha value is -2.89. The van der Waals surface area contributed by atoms with Crippen molar-refractivity contribution in [1.82, 2.24) is 14.9 Å². The van der Waals surface area contributed by atoms with Crippen LogP contribution in [0.5, 0.6) is 0 Å². The Morgan fingerprint density at radius 1 is 1.23 bits per heavy atom. The Kier molecular flexibility index (Phi) is 7.82. The van der Waals surface area contributed by atoms with Crippen LogP contribution >= 0.6 is 11.6 Å². The molecule has 1 aliphatic carbocycles. The van der Waals surface area contributed by atoms with Crippen molar-refractivity contribution in [2.24, 2.45) is 10.7 Å². The fourth-order valence-corrected chi connectivity index (χ4v) is 3.89. The largest absolute Gasteiger partial charge is 0.398 e. The Bertz CT molecular complexity index is 1030. The van der Waals surface area contributed by atoms with Gasteiger partial charge in [-0.3, -0.25) is 10.3 Å². The van der Waals surface area contributed by atoms with Crippen molar-refractivity contribution >= 4 is 29.0 Å². The number of nitrogens with one attached hydrogen (secondary N) is 1. The van der Waals surface area contributed by atoms with E-state index in [0.717, 1.165) is 22.3 Å². The van der Waals surface area contributed by atoms with E-state index in [9.17, 15) is 0 Å². The number of aromatic nitrogens is 2. The number of pyridine rings is 1. The molecular weight excluding hydrogens is 394 g/mol. The Morgan fingerprint density at radius 2 is 2.03 bits per heavy atom. The smallest absolute Gasteiger partial charge is 0.103 e. The summed E-state index contributed by atoms with van der Waals surface area (Å²) in [6, 6.07) is 14.2. The predicted octanol–water partition coefficient (Wildman–Crippen LogP) is 5.32. The van der Waals surface area contributed by atoms with E-state index in [-0.39, 0.29) is 0 Å². The standard InChI is InChI=1S/C22H24ClN5.C2H4/c23-17-7-5-6-16(14-17)22-21(20-10-3-4-13-28(20)27-22)19(24)11-12-25-15-26-18-8-1-2-9-18;1-2/h3-7,10-14,18,26H,1-2,8-9,15,24H2;1-2H2/b19-11-,25-12-;. The number of nitrogens with zero attached hydrogens (tertiary/aromatic N) is 3. The van der Waals surface area contributed by atoms with Crippen molar-refractivity contribution in [2.75, 3.05) is 6.67 Å². The van der Waals surface area contributed by atoms with Crippen LogP contribution in [0.3, 0.4) is 0 Å². The van der Waals surface area contributed by atoms with Gasteiger partial charge in [-0.15, -0.1) is 13.2 Å². The van der Waals surface area contributed by atoms with Gasteiger partial charge in [0.25, 0.3) is 0 Å². The van der Waals surface area contributed by atoms with E-state index in [1.807, 2.05) is 59.3 Å². The number of aliphatic imine (C=N–C) groups is 1. The summed E-state index contributed by atoms with van der Waals surface area (Å²) in [6.45, 7) is 6.62. The van der Waals surface area contributed by atoms with Crippen molar-refractivity contribution < 1.29 is 0 Å². The summed E-state index contributed by atoms with van der Waals surface area (Å²) in [4.78, 5) is 4.44. The first kappa shape index (κ1) is 21.8. The maximum Gasteiger partial charge on any atom is 0.103 e. The molecule has 3 aromatic rings. The second kappa shape index (κ2) is 10.8. The molecule has 2 heterocycles. The normalized spacial score (nSPS) is 14.9. The second-order valence-electron chi connectivity index (χ2n) is 7.06. The number of rotatable bonds is 6. The molecule has 0 amide bonds. The Labute approximate surface area is 183 Å². The van der Waals surface area contributed by atoms with E-state index in [4.69, 9.17) is 22.4 Å². The zero-order chi connectivity index (χ0) is 21.3. The second-order valence-corrected chi connectivity index (χ2v) is 7.50. The SMILES string of the molecule is C=C.N/C(=C\C=N/CNC1CCCC1)c1c(-c2cccc(Cl)c2)nn2ccccc12. The highest BCUT2D eigenvalue weighted by molar-refractivity contribution is 6.30. The maximum absolute atomic E-state index is 6.45. The molecule has 0 aliphatic heterocycles. The molecule has 4 rings (SSSR count). The molecule has 5 nitrogen and oxygen atoms in total. The minimum atomic E-state index is 0.604. The molecule has 0 radical (unpaired) electrons. The van der Waals surface area contributed by atoms with E-state index in [1.54, 1.807) is 6.21 Å². The van der Waals surface area contributed by atoms with Gasteiger partial charge in [-0.2, -0.15) is 5.10 Å². The van der Waals surface area contributed by atoms with E-state index in [0.29, 0.717) is 23.4 Å². The summed E-state index contributed by atoms with van der Waals surface area (Å²) < 4.78 is 1.84. The van der Waals surface area contributed by atoms with Crippen LogP contribution < -0.4 is 11.1 Å². The molecule has 6 heteroatoms. The number of hydrogen-bond donors (Lipinski definition) is 2. The number of nitrogens with two attached hydrogens (primary N) is 1. The van der Waals surface area contributed by atoms with E-state index >= 15 is 0 Å². The molecule has 1 aliphatic rings. The first-order valence-corrected chi connectivity index (χ1v) is 10.5. The summed E-state index contributed by atoms with van der Waals surface area (Å²) in [6.07, 6.45) is 10.7. The zero-order valence-electron chi connectivity index (χ0n) is 17.1. The molecular formula is C24H28ClN5. The van der Waals surface area contributed by atoms with Crippen molar-refractivity contribution in [3.63, 3.8) is 0 Å². The van der Waals surface area contributed by atoms with Crippen molar-refractivity contribution in [2.45, 2.75) is 31.7 Å². The third kappa shape index (κ3) is 5.17. The highest BCUT2D eigenvalue weighted by Crippen LogP contribution is 2.31. The predicted molar refractivity (Wildman–Crippen MR) is 128 cm³/mol. The molecule has 0 bridgehead atoms. The van der Waals surface area contributed by atoms with Gasteiger partial charge in [0.2, 0.25) is 0 Å². The molecule has 30 heavy (non-hydrogen) atoms. The minimum absolute atomic E-state index is 0.604. The molecule has 3 N–H and O–H groups in total. The van der Waals surface area contributed by atoms with Crippen LogP contribution in [0.2, 0.25) is 5.02 Å². The molecule has 0 saturated heterocycles. The summed E-state index contributed by atoms with van der Waals surface area (Å²) in [5.74, 6) is 0. The highest BCUT2D eigenvalue weighted by atomic mass is 35.5. The van der Waals surface area contributed by atoms with Crippen LogP contribution in [0.4, 0.5) is 0 Å². The molecule has 0 unspecified atom stereocenters. The van der Waals surface area contributed by atoms with Crippen LogP contribution in [0.15, 0.2) is 72.9 Å². The van der Waals surface area contributed by atoms with Gasteiger partial charge in [-0.05, 0) is 43.2 Å². The number of fused-ring (bicyclic) bond motifs is 1. The van der Waals surface area contributed by atoms with Crippen LogP contribution in [0.25, 0.3) is 22.5 Å². The lowest BCUT2D eigenvalue weighted by Crippen LogP contribution is -2.25. The van der Waals surface area contributed by atoms with E-state index in [2.05, 4.69) is 23.5 Å². The molecule has 1 saturated carbocycles. The molecule has 2 aromatic heterocycles.